The summed E-state index contributed by atoms with van der Waals surface area (Å²) in [5.74, 6) is -2.82. The van der Waals surface area contributed by atoms with Gasteiger partial charge in [-0.25, -0.2) is 4.68 Å². The van der Waals surface area contributed by atoms with Crippen LogP contribution in [-0.2, 0) is 0 Å². The number of thioether (sulfide) groups is 1. The monoisotopic (exact) mass is 347 g/mol. The smallest absolute Gasteiger partial charge is 0.288 e. The van der Waals surface area contributed by atoms with Gasteiger partial charge in [-0.3, -0.25) is 4.79 Å². The SMILES string of the molecule is O=C(Nc1cccc(-n2cnnn2)c1)c1ccc(SC(F)F)cc1. The zero-order chi connectivity index (χ0) is 16.9. The van der Waals surface area contributed by atoms with Gasteiger partial charge in [-0.1, -0.05) is 17.8 Å². The quantitative estimate of drug-likeness (QED) is 0.718. The van der Waals surface area contributed by atoms with Gasteiger partial charge in [0.15, 0.2) is 0 Å². The second-order valence-corrected chi connectivity index (χ2v) is 5.73. The summed E-state index contributed by atoms with van der Waals surface area (Å²) in [6.45, 7) is 0. The number of anilines is 1. The van der Waals surface area contributed by atoms with E-state index in [-0.39, 0.29) is 5.91 Å². The molecule has 6 nitrogen and oxygen atoms in total. The third-order valence-corrected chi connectivity index (χ3v) is 3.78. The Morgan fingerprint density at radius 3 is 2.62 bits per heavy atom. The van der Waals surface area contributed by atoms with Crippen LogP contribution in [0.15, 0.2) is 59.8 Å². The highest BCUT2D eigenvalue weighted by Crippen LogP contribution is 2.25. The molecule has 0 spiro atoms. The summed E-state index contributed by atoms with van der Waals surface area (Å²) in [7, 11) is 0. The van der Waals surface area contributed by atoms with Gasteiger partial charge in [-0.2, -0.15) is 8.78 Å². The molecular formula is C15H11F2N5OS. The fourth-order valence-electron chi connectivity index (χ4n) is 2.00. The summed E-state index contributed by atoms with van der Waals surface area (Å²) in [5, 5.41) is 13.6. The molecular weight excluding hydrogens is 336 g/mol. The first kappa shape index (κ1) is 16.1. The summed E-state index contributed by atoms with van der Waals surface area (Å²) in [5.41, 5.74) is 1.64. The third-order valence-electron chi connectivity index (χ3n) is 3.06. The van der Waals surface area contributed by atoms with E-state index in [0.29, 0.717) is 33.6 Å². The van der Waals surface area contributed by atoms with Gasteiger partial charge in [0, 0.05) is 16.1 Å². The molecule has 24 heavy (non-hydrogen) atoms. The molecule has 0 aliphatic carbocycles. The van der Waals surface area contributed by atoms with Crippen LogP contribution in [0.5, 0.6) is 0 Å². The molecule has 3 aromatic rings. The molecule has 0 fully saturated rings. The first-order valence-corrected chi connectivity index (χ1v) is 7.69. The van der Waals surface area contributed by atoms with Crippen molar-refractivity contribution in [2.24, 2.45) is 0 Å². The maximum atomic E-state index is 12.3. The van der Waals surface area contributed by atoms with Crippen LogP contribution in [0.2, 0.25) is 0 Å². The number of amides is 1. The first-order chi connectivity index (χ1) is 11.6. The molecule has 1 amide bonds. The van der Waals surface area contributed by atoms with Crippen molar-refractivity contribution < 1.29 is 13.6 Å². The number of carbonyl (C=O) groups is 1. The summed E-state index contributed by atoms with van der Waals surface area (Å²) in [6.07, 6.45) is 1.44. The van der Waals surface area contributed by atoms with Crippen LogP contribution in [0, 0.1) is 0 Å². The lowest BCUT2D eigenvalue weighted by atomic mass is 10.2. The first-order valence-electron chi connectivity index (χ1n) is 6.81. The van der Waals surface area contributed by atoms with Gasteiger partial charge in [-0.05, 0) is 52.9 Å². The second-order valence-electron chi connectivity index (χ2n) is 4.66. The van der Waals surface area contributed by atoms with Gasteiger partial charge in [0.05, 0.1) is 5.69 Å². The lowest BCUT2D eigenvalue weighted by Gasteiger charge is -2.08. The largest absolute Gasteiger partial charge is 0.322 e. The van der Waals surface area contributed by atoms with E-state index in [1.807, 2.05) is 0 Å². The molecule has 0 saturated heterocycles. The van der Waals surface area contributed by atoms with Crippen molar-refractivity contribution in [1.82, 2.24) is 20.2 Å². The van der Waals surface area contributed by atoms with Crippen molar-refractivity contribution in [2.75, 3.05) is 5.32 Å². The number of nitrogens with one attached hydrogen (secondary N) is 1. The standard InChI is InChI=1S/C15H11F2N5OS/c16-15(17)24-13-6-4-10(5-7-13)14(23)19-11-2-1-3-12(8-11)22-9-18-20-21-22/h1-9,15H,(H,19,23). The number of tetrazole rings is 1. The molecule has 0 unspecified atom stereocenters. The zero-order valence-corrected chi connectivity index (χ0v) is 13.0. The maximum absolute atomic E-state index is 12.3. The molecule has 0 aliphatic heterocycles. The van der Waals surface area contributed by atoms with E-state index in [9.17, 15) is 13.6 Å². The Morgan fingerprint density at radius 1 is 1.17 bits per heavy atom. The average Bonchev–Trinajstić information content (AvgIpc) is 3.10. The fraction of sp³-hybridized carbons (Fsp3) is 0.0667. The van der Waals surface area contributed by atoms with Crippen LogP contribution in [-0.4, -0.2) is 31.9 Å². The van der Waals surface area contributed by atoms with E-state index >= 15 is 0 Å². The number of hydrogen-bond acceptors (Lipinski definition) is 5. The molecule has 0 saturated carbocycles. The Morgan fingerprint density at radius 2 is 1.96 bits per heavy atom. The number of alkyl halides is 2. The van der Waals surface area contributed by atoms with Crippen LogP contribution in [0.3, 0.4) is 0 Å². The molecule has 2 aromatic carbocycles. The Kier molecular flexibility index (Phi) is 4.80. The van der Waals surface area contributed by atoms with Gasteiger partial charge in [0.1, 0.15) is 6.33 Å². The maximum Gasteiger partial charge on any atom is 0.288 e. The van der Waals surface area contributed by atoms with Crippen LogP contribution in [0.4, 0.5) is 14.5 Å². The average molecular weight is 347 g/mol. The lowest BCUT2D eigenvalue weighted by molar-refractivity contribution is 0.102. The van der Waals surface area contributed by atoms with Crippen molar-refractivity contribution in [3.8, 4) is 5.69 Å². The number of nitrogens with zero attached hydrogens (tertiary/aromatic N) is 4. The molecule has 9 heteroatoms. The minimum absolute atomic E-state index is 0.336. The van der Waals surface area contributed by atoms with Gasteiger partial charge in [0.25, 0.3) is 11.7 Å². The minimum atomic E-state index is -2.49. The second kappa shape index (κ2) is 7.18. The number of carbonyl (C=O) groups excluding carboxylic acids is 1. The van der Waals surface area contributed by atoms with Gasteiger partial charge >= 0.3 is 0 Å². The molecule has 0 bridgehead atoms. The predicted molar refractivity (Wildman–Crippen MR) is 85.4 cm³/mol. The Hall–Kier alpha value is -2.81. The molecule has 1 aromatic heterocycles. The summed E-state index contributed by atoms with van der Waals surface area (Å²) in [4.78, 5) is 12.6. The van der Waals surface area contributed by atoms with E-state index < -0.39 is 5.76 Å². The van der Waals surface area contributed by atoms with E-state index in [0.717, 1.165) is 0 Å². The Labute approximate surface area is 139 Å². The molecule has 1 N–H and O–H groups in total. The van der Waals surface area contributed by atoms with Crippen molar-refractivity contribution in [1.29, 1.82) is 0 Å². The number of aromatic nitrogens is 4. The highest BCUT2D eigenvalue weighted by atomic mass is 32.2. The van der Waals surface area contributed by atoms with Gasteiger partial charge in [-0.15, -0.1) is 5.10 Å². The number of halogens is 2. The van der Waals surface area contributed by atoms with Crippen LogP contribution >= 0.6 is 11.8 Å². The molecule has 0 aliphatic rings. The summed E-state index contributed by atoms with van der Waals surface area (Å²) < 4.78 is 26.0. The predicted octanol–water partition coefficient (Wildman–Crippen LogP) is 3.23. The third kappa shape index (κ3) is 3.93. The van der Waals surface area contributed by atoms with E-state index in [4.69, 9.17) is 0 Å². The highest BCUT2D eigenvalue weighted by molar-refractivity contribution is 7.99. The van der Waals surface area contributed by atoms with E-state index in [1.165, 1.54) is 35.3 Å². The Bertz CT molecular complexity index is 824. The van der Waals surface area contributed by atoms with Crippen LogP contribution < -0.4 is 5.32 Å². The fourth-order valence-corrected chi connectivity index (χ4v) is 2.50. The summed E-state index contributed by atoms with van der Waals surface area (Å²) in [6, 6.07) is 13.0. The lowest BCUT2D eigenvalue weighted by Crippen LogP contribution is -2.12. The van der Waals surface area contributed by atoms with Crippen molar-refractivity contribution in [2.45, 2.75) is 10.7 Å². The molecule has 0 radical (unpaired) electrons. The minimum Gasteiger partial charge on any atom is -0.322 e. The number of benzene rings is 2. The topological polar surface area (TPSA) is 72.7 Å². The van der Waals surface area contributed by atoms with Gasteiger partial charge in [0.2, 0.25) is 0 Å². The van der Waals surface area contributed by atoms with Crippen molar-refractivity contribution in [3.63, 3.8) is 0 Å². The molecule has 1 heterocycles. The molecule has 0 atom stereocenters. The Balaban J connectivity index is 1.72. The van der Waals surface area contributed by atoms with Crippen LogP contribution in [0.25, 0.3) is 5.69 Å². The number of hydrogen-bond donors (Lipinski definition) is 1. The molecule has 122 valence electrons. The zero-order valence-electron chi connectivity index (χ0n) is 12.1. The highest BCUT2D eigenvalue weighted by Gasteiger charge is 2.09. The van der Waals surface area contributed by atoms with Gasteiger partial charge < -0.3 is 5.32 Å². The van der Waals surface area contributed by atoms with Crippen molar-refractivity contribution in [3.05, 3.63) is 60.4 Å². The van der Waals surface area contributed by atoms with Crippen LogP contribution in [0.1, 0.15) is 10.4 Å². The summed E-state index contributed by atoms with van der Waals surface area (Å²) >= 11 is 0.437. The number of rotatable bonds is 5. The van der Waals surface area contributed by atoms with E-state index in [2.05, 4.69) is 20.8 Å². The normalized spacial score (nSPS) is 10.8. The van der Waals surface area contributed by atoms with E-state index in [1.54, 1.807) is 24.3 Å². The van der Waals surface area contributed by atoms with Crippen molar-refractivity contribution >= 4 is 23.4 Å². The molecule has 3 rings (SSSR count).